The zero-order valence-electron chi connectivity index (χ0n) is 15.2. The number of pyridine rings is 2. The van der Waals surface area contributed by atoms with E-state index in [1.165, 1.54) is 11.3 Å². The lowest BCUT2D eigenvalue weighted by atomic mass is 10.2. The van der Waals surface area contributed by atoms with E-state index in [-0.39, 0.29) is 23.3 Å². The van der Waals surface area contributed by atoms with Crippen LogP contribution in [0.1, 0.15) is 13.8 Å². The molecule has 0 bridgehead atoms. The van der Waals surface area contributed by atoms with Crippen molar-refractivity contribution in [3.63, 3.8) is 0 Å². The molecule has 1 saturated heterocycles. The van der Waals surface area contributed by atoms with Crippen LogP contribution in [-0.4, -0.2) is 34.7 Å². The van der Waals surface area contributed by atoms with E-state index in [0.29, 0.717) is 11.0 Å². The molecule has 1 fully saturated rings. The third-order valence-corrected chi connectivity index (χ3v) is 6.21. The van der Waals surface area contributed by atoms with Crippen LogP contribution in [0.15, 0.2) is 41.2 Å². The van der Waals surface area contributed by atoms with E-state index in [9.17, 15) is 4.79 Å². The van der Waals surface area contributed by atoms with Gasteiger partial charge in [-0.3, -0.25) is 9.20 Å². The second-order valence-electron chi connectivity index (χ2n) is 7.16. The molecule has 0 amide bonds. The summed E-state index contributed by atoms with van der Waals surface area (Å²) in [5, 5.41) is 0.548. The molecule has 2 N–H and O–H groups in total. The number of para-hydroxylation sites is 1. The Bertz CT molecular complexity index is 1240. The molecule has 138 valence electrons. The molecule has 1 aliphatic heterocycles. The molecular weight excluding hydrogens is 360 g/mol. The van der Waals surface area contributed by atoms with Crippen molar-refractivity contribution in [2.24, 2.45) is 0 Å². The fraction of sp³-hybridized carbons (Fsp3) is 0.300. The van der Waals surface area contributed by atoms with Gasteiger partial charge >= 0.3 is 0 Å². The van der Waals surface area contributed by atoms with Crippen molar-refractivity contribution in [2.75, 3.05) is 23.7 Å². The highest BCUT2D eigenvalue weighted by Gasteiger charge is 2.24. The predicted molar refractivity (Wildman–Crippen MR) is 111 cm³/mol. The first kappa shape index (κ1) is 16.5. The predicted octanol–water partition coefficient (Wildman–Crippen LogP) is 3.26. The van der Waals surface area contributed by atoms with Crippen molar-refractivity contribution >= 4 is 48.9 Å². The van der Waals surface area contributed by atoms with Gasteiger partial charge in [-0.15, -0.1) is 11.3 Å². The number of nitrogens with two attached hydrogens (primary N) is 1. The normalized spacial score (nSPS) is 20.7. The first-order valence-corrected chi connectivity index (χ1v) is 9.87. The number of fused-ring (bicyclic) bond motifs is 5. The van der Waals surface area contributed by atoms with E-state index >= 15 is 0 Å². The van der Waals surface area contributed by atoms with Crippen molar-refractivity contribution in [1.82, 2.24) is 9.38 Å². The molecule has 5 rings (SSSR count). The summed E-state index contributed by atoms with van der Waals surface area (Å²) in [6.45, 7) is 5.69. The first-order chi connectivity index (χ1) is 13.0. The maximum Gasteiger partial charge on any atom is 0.215 e. The number of thiazole rings is 1. The molecular formula is C20H20N4O2S. The Morgan fingerprint density at radius 1 is 1.15 bits per heavy atom. The highest BCUT2D eigenvalue weighted by atomic mass is 32.1. The smallest absolute Gasteiger partial charge is 0.215 e. The molecule has 4 heterocycles. The van der Waals surface area contributed by atoms with Crippen molar-refractivity contribution in [2.45, 2.75) is 26.1 Å². The second-order valence-corrected chi connectivity index (χ2v) is 8.19. The van der Waals surface area contributed by atoms with Crippen LogP contribution in [0.2, 0.25) is 0 Å². The largest absolute Gasteiger partial charge is 0.393 e. The highest BCUT2D eigenvalue weighted by Crippen LogP contribution is 2.32. The zero-order valence-corrected chi connectivity index (χ0v) is 16.0. The van der Waals surface area contributed by atoms with E-state index in [2.05, 4.69) is 18.7 Å². The number of rotatable bonds is 1. The van der Waals surface area contributed by atoms with Gasteiger partial charge in [-0.1, -0.05) is 12.1 Å². The molecule has 1 aliphatic rings. The second kappa shape index (κ2) is 5.94. The number of hydrogen-bond acceptors (Lipinski definition) is 6. The van der Waals surface area contributed by atoms with Crippen LogP contribution in [0, 0.1) is 0 Å². The number of ether oxygens (including phenoxy) is 1. The zero-order chi connectivity index (χ0) is 18.7. The van der Waals surface area contributed by atoms with Gasteiger partial charge < -0.3 is 15.4 Å². The number of nitrogens with zero attached hydrogens (tertiary/aromatic N) is 3. The third-order valence-electron chi connectivity index (χ3n) is 5.05. The lowest BCUT2D eigenvalue weighted by Crippen LogP contribution is -2.45. The van der Waals surface area contributed by atoms with Gasteiger partial charge in [-0.05, 0) is 38.1 Å². The highest BCUT2D eigenvalue weighted by molar-refractivity contribution is 7.24. The van der Waals surface area contributed by atoms with Gasteiger partial charge in [-0.25, -0.2) is 4.98 Å². The summed E-state index contributed by atoms with van der Waals surface area (Å²) in [6.07, 6.45) is 0.282. The average Bonchev–Trinajstić information content (AvgIpc) is 3.05. The van der Waals surface area contributed by atoms with Crippen LogP contribution in [0.4, 0.5) is 11.5 Å². The van der Waals surface area contributed by atoms with Crippen LogP contribution in [0.3, 0.4) is 0 Å². The summed E-state index contributed by atoms with van der Waals surface area (Å²) in [5.74, 6) is 0.859. The average molecular weight is 380 g/mol. The van der Waals surface area contributed by atoms with Crippen molar-refractivity contribution in [1.29, 1.82) is 0 Å². The van der Waals surface area contributed by atoms with E-state index in [4.69, 9.17) is 15.5 Å². The standard InChI is InChI=1S/C20H20N4O2S/c1-11-9-23(10-12(2)26-11)16-8-7-13-18(25)17(21)20-24(19(13)22-16)14-5-3-4-6-15(14)27-20/h3-8,11-12H,9-10,21H2,1-2H3. The van der Waals surface area contributed by atoms with Gasteiger partial charge in [0.25, 0.3) is 0 Å². The minimum absolute atomic E-state index is 0.141. The summed E-state index contributed by atoms with van der Waals surface area (Å²) in [6, 6.07) is 11.8. The first-order valence-electron chi connectivity index (χ1n) is 9.06. The van der Waals surface area contributed by atoms with Gasteiger partial charge in [0.1, 0.15) is 16.3 Å². The Morgan fingerprint density at radius 3 is 2.67 bits per heavy atom. The number of morpholine rings is 1. The summed E-state index contributed by atoms with van der Waals surface area (Å²) < 4.78 is 8.93. The molecule has 3 aromatic heterocycles. The number of benzene rings is 1. The molecule has 0 saturated carbocycles. The van der Waals surface area contributed by atoms with E-state index in [1.807, 2.05) is 40.8 Å². The molecule has 4 aromatic rings. The molecule has 2 atom stereocenters. The van der Waals surface area contributed by atoms with Gasteiger partial charge in [0.2, 0.25) is 5.43 Å². The van der Waals surface area contributed by atoms with Crippen molar-refractivity contribution in [3.05, 3.63) is 46.6 Å². The maximum atomic E-state index is 12.8. The number of nitrogen functional groups attached to an aromatic ring is 1. The molecule has 1 aromatic carbocycles. The maximum absolute atomic E-state index is 12.8. The summed E-state index contributed by atoms with van der Waals surface area (Å²) in [7, 11) is 0. The van der Waals surface area contributed by atoms with E-state index < -0.39 is 0 Å². The van der Waals surface area contributed by atoms with Gasteiger partial charge in [0, 0.05) is 13.1 Å². The molecule has 0 spiro atoms. The Hall–Kier alpha value is -2.64. The van der Waals surface area contributed by atoms with E-state index in [0.717, 1.165) is 34.0 Å². The van der Waals surface area contributed by atoms with Crippen LogP contribution in [-0.2, 0) is 4.74 Å². The topological polar surface area (TPSA) is 72.9 Å². The third kappa shape index (κ3) is 2.49. The fourth-order valence-corrected chi connectivity index (χ4v) is 5.04. The van der Waals surface area contributed by atoms with Crippen LogP contribution < -0.4 is 16.1 Å². The van der Waals surface area contributed by atoms with Crippen LogP contribution >= 0.6 is 11.3 Å². The monoisotopic (exact) mass is 380 g/mol. The SMILES string of the molecule is CC1CN(c2ccc3c(=O)c(N)c4sc5ccccc5n4c3n2)CC(C)O1. The van der Waals surface area contributed by atoms with Gasteiger partial charge in [0.05, 0.1) is 27.8 Å². The van der Waals surface area contributed by atoms with Gasteiger partial charge in [0.15, 0.2) is 5.65 Å². The Labute approximate surface area is 159 Å². The van der Waals surface area contributed by atoms with Crippen molar-refractivity contribution < 1.29 is 4.74 Å². The Morgan fingerprint density at radius 2 is 1.89 bits per heavy atom. The molecule has 27 heavy (non-hydrogen) atoms. The molecule has 0 radical (unpaired) electrons. The van der Waals surface area contributed by atoms with Crippen molar-refractivity contribution in [3.8, 4) is 0 Å². The Balaban J connectivity index is 1.82. The molecule has 6 nitrogen and oxygen atoms in total. The summed E-state index contributed by atoms with van der Waals surface area (Å²) in [5.41, 5.74) is 7.99. The van der Waals surface area contributed by atoms with E-state index in [1.54, 1.807) is 0 Å². The number of anilines is 2. The number of hydrogen-bond donors (Lipinski definition) is 1. The minimum Gasteiger partial charge on any atom is -0.393 e. The van der Waals surface area contributed by atoms with Crippen LogP contribution in [0.25, 0.3) is 26.1 Å². The molecule has 0 aliphatic carbocycles. The summed E-state index contributed by atoms with van der Waals surface area (Å²) >= 11 is 1.52. The minimum atomic E-state index is -0.153. The molecule has 7 heteroatoms. The van der Waals surface area contributed by atoms with Crippen LogP contribution in [0.5, 0.6) is 0 Å². The lowest BCUT2D eigenvalue weighted by Gasteiger charge is -2.36. The van der Waals surface area contributed by atoms with Gasteiger partial charge in [-0.2, -0.15) is 0 Å². The quantitative estimate of drug-likeness (QED) is 0.549. The summed E-state index contributed by atoms with van der Waals surface area (Å²) in [4.78, 5) is 20.7. The fourth-order valence-electron chi connectivity index (χ4n) is 3.94. The molecule has 2 unspecified atom stereocenters. The Kier molecular flexibility index (Phi) is 3.63. The number of aromatic nitrogens is 2. The lowest BCUT2D eigenvalue weighted by molar-refractivity contribution is -0.00544.